The number of para-hydroxylation sites is 1. The number of aliphatic imine (C=N–C) groups is 1. The van der Waals surface area contributed by atoms with Crippen LogP contribution in [0.4, 0.5) is 0 Å². The van der Waals surface area contributed by atoms with E-state index in [1.165, 1.54) is 0 Å². The van der Waals surface area contributed by atoms with Gasteiger partial charge >= 0.3 is 0 Å². The van der Waals surface area contributed by atoms with E-state index < -0.39 is 17.6 Å². The van der Waals surface area contributed by atoms with Gasteiger partial charge in [-0.25, -0.2) is 10.4 Å². The molecule has 3 aromatic carbocycles. The Bertz CT molecular complexity index is 1380. The van der Waals surface area contributed by atoms with Crippen molar-refractivity contribution >= 4 is 35.0 Å². The SMILES string of the molecule is C=CC[C@]1(C(=O)NNCCc2ccccc2OC)N=C(c2ccc(OCCCO)cc2)O[C@H]1c1ccc(Cl)cc1Cl. The molecule has 0 bridgehead atoms. The molecule has 1 heterocycles. The maximum atomic E-state index is 13.9. The number of halogens is 2. The van der Waals surface area contributed by atoms with Crippen molar-refractivity contribution in [3.63, 3.8) is 0 Å². The molecular formula is C31H33Cl2N3O5. The summed E-state index contributed by atoms with van der Waals surface area (Å²) in [6.07, 6.45) is 2.13. The van der Waals surface area contributed by atoms with Crippen LogP contribution in [-0.4, -0.2) is 49.3 Å². The van der Waals surface area contributed by atoms with Gasteiger partial charge in [-0.1, -0.05) is 53.5 Å². The zero-order chi connectivity index (χ0) is 29.2. The standard InChI is InChI=1S/C31H33Cl2N3O5/c1-3-16-31(30(38)36-34-17-15-21-7-4-5-8-27(21)39-2)28(25-14-11-23(32)20-26(25)33)41-29(35-31)22-9-12-24(13-10-22)40-19-6-18-37/h3-5,7-14,20,28,34,37H,1,6,15-19H2,2H3,(H,36,38)/t28-,31-/m0/s1. The van der Waals surface area contributed by atoms with Gasteiger partial charge in [0, 0.05) is 47.2 Å². The van der Waals surface area contributed by atoms with Gasteiger partial charge in [0.15, 0.2) is 11.6 Å². The normalized spacial score (nSPS) is 17.9. The van der Waals surface area contributed by atoms with E-state index in [9.17, 15) is 4.79 Å². The number of aliphatic hydroxyl groups excluding tert-OH is 1. The number of methoxy groups -OCH3 is 1. The van der Waals surface area contributed by atoms with Crippen molar-refractivity contribution in [1.82, 2.24) is 10.9 Å². The quantitative estimate of drug-likeness (QED) is 0.130. The van der Waals surface area contributed by atoms with Crippen LogP contribution >= 0.6 is 23.2 Å². The first-order valence-corrected chi connectivity index (χ1v) is 14.0. The van der Waals surface area contributed by atoms with Crippen LogP contribution < -0.4 is 20.3 Å². The smallest absolute Gasteiger partial charge is 0.266 e. The number of nitrogens with one attached hydrogen (secondary N) is 2. The molecule has 1 aliphatic heterocycles. The fourth-order valence-corrected chi connectivity index (χ4v) is 5.09. The van der Waals surface area contributed by atoms with Crippen LogP contribution in [0.1, 0.15) is 35.6 Å². The van der Waals surface area contributed by atoms with Crippen LogP contribution in [0.25, 0.3) is 0 Å². The second-order valence-corrected chi connectivity index (χ2v) is 10.2. The Morgan fingerprint density at radius 3 is 2.66 bits per heavy atom. The van der Waals surface area contributed by atoms with Gasteiger partial charge in [0.1, 0.15) is 11.5 Å². The summed E-state index contributed by atoms with van der Waals surface area (Å²) in [5.74, 6) is 1.32. The highest BCUT2D eigenvalue weighted by molar-refractivity contribution is 6.35. The fraction of sp³-hybridized carbons (Fsp3) is 0.290. The van der Waals surface area contributed by atoms with E-state index in [1.807, 2.05) is 24.3 Å². The molecule has 216 valence electrons. The van der Waals surface area contributed by atoms with Gasteiger partial charge in [-0.2, -0.15) is 0 Å². The Morgan fingerprint density at radius 2 is 1.95 bits per heavy atom. The second-order valence-electron chi connectivity index (χ2n) is 9.39. The number of rotatable bonds is 14. The molecule has 0 unspecified atom stereocenters. The third-order valence-corrected chi connectivity index (χ3v) is 7.21. The molecule has 0 fully saturated rings. The van der Waals surface area contributed by atoms with Crippen molar-refractivity contribution in [1.29, 1.82) is 0 Å². The van der Waals surface area contributed by atoms with Crippen molar-refractivity contribution in [2.75, 3.05) is 26.9 Å². The first-order valence-electron chi connectivity index (χ1n) is 13.2. The molecule has 2 atom stereocenters. The number of hydrogen-bond acceptors (Lipinski definition) is 7. The van der Waals surface area contributed by atoms with Crippen molar-refractivity contribution in [2.24, 2.45) is 4.99 Å². The summed E-state index contributed by atoms with van der Waals surface area (Å²) in [5, 5.41) is 9.81. The van der Waals surface area contributed by atoms with Crippen molar-refractivity contribution in [3.05, 3.63) is 106 Å². The Balaban J connectivity index is 1.60. The molecule has 10 heteroatoms. The first kappa shape index (κ1) is 30.4. The Kier molecular flexibility index (Phi) is 10.7. The number of benzene rings is 3. The molecule has 3 N–H and O–H groups in total. The predicted molar refractivity (Wildman–Crippen MR) is 161 cm³/mol. The summed E-state index contributed by atoms with van der Waals surface area (Å²) >= 11 is 12.8. The van der Waals surface area contributed by atoms with Crippen LogP contribution in [0.3, 0.4) is 0 Å². The zero-order valence-electron chi connectivity index (χ0n) is 22.7. The molecular weight excluding hydrogens is 565 g/mol. The summed E-state index contributed by atoms with van der Waals surface area (Å²) < 4.78 is 17.4. The fourth-order valence-electron chi connectivity index (χ4n) is 4.58. The summed E-state index contributed by atoms with van der Waals surface area (Å²) in [6, 6.07) is 20.0. The van der Waals surface area contributed by atoms with Gasteiger partial charge in [-0.15, -0.1) is 6.58 Å². The van der Waals surface area contributed by atoms with E-state index in [4.69, 9.17) is 47.5 Å². The Labute approximate surface area is 249 Å². The van der Waals surface area contributed by atoms with Gasteiger partial charge in [0.05, 0.1) is 13.7 Å². The highest BCUT2D eigenvalue weighted by Crippen LogP contribution is 2.45. The number of hydrogen-bond donors (Lipinski definition) is 3. The molecule has 0 saturated heterocycles. The van der Waals surface area contributed by atoms with Crippen LogP contribution in [-0.2, 0) is 16.0 Å². The number of carbonyl (C=O) groups is 1. The Hall–Kier alpha value is -3.56. The van der Waals surface area contributed by atoms with Crippen molar-refractivity contribution in [3.8, 4) is 11.5 Å². The average molecular weight is 599 g/mol. The zero-order valence-corrected chi connectivity index (χ0v) is 24.3. The van der Waals surface area contributed by atoms with Crippen LogP contribution in [0.2, 0.25) is 10.0 Å². The minimum Gasteiger partial charge on any atom is -0.496 e. The molecule has 0 radical (unpaired) electrons. The van der Waals surface area contributed by atoms with Gasteiger partial charge in [-0.05, 0) is 54.4 Å². The number of hydrazine groups is 1. The molecule has 4 rings (SSSR count). The molecule has 0 aliphatic carbocycles. The molecule has 1 aliphatic rings. The number of carbonyl (C=O) groups excluding carboxylic acids is 1. The lowest BCUT2D eigenvalue weighted by molar-refractivity contribution is -0.129. The molecule has 0 aromatic heterocycles. The number of amides is 1. The molecule has 1 amide bonds. The Morgan fingerprint density at radius 1 is 1.17 bits per heavy atom. The minimum absolute atomic E-state index is 0.0557. The molecule has 0 spiro atoms. The summed E-state index contributed by atoms with van der Waals surface area (Å²) in [5.41, 5.74) is 6.70. The van der Waals surface area contributed by atoms with Crippen molar-refractivity contribution in [2.45, 2.75) is 30.9 Å². The largest absolute Gasteiger partial charge is 0.496 e. The third kappa shape index (κ3) is 7.21. The highest BCUT2D eigenvalue weighted by Gasteiger charge is 2.53. The monoisotopic (exact) mass is 597 g/mol. The lowest BCUT2D eigenvalue weighted by Gasteiger charge is -2.30. The average Bonchev–Trinajstić information content (AvgIpc) is 3.36. The van der Waals surface area contributed by atoms with Crippen molar-refractivity contribution < 1.29 is 24.1 Å². The molecule has 0 saturated carbocycles. The maximum absolute atomic E-state index is 13.9. The molecule has 41 heavy (non-hydrogen) atoms. The first-order chi connectivity index (χ1) is 19.9. The van der Waals surface area contributed by atoms with E-state index in [0.29, 0.717) is 52.9 Å². The summed E-state index contributed by atoms with van der Waals surface area (Å²) in [4.78, 5) is 18.7. The summed E-state index contributed by atoms with van der Waals surface area (Å²) in [6.45, 7) is 4.80. The van der Waals surface area contributed by atoms with Gasteiger partial charge in [0.25, 0.3) is 5.91 Å². The highest BCUT2D eigenvalue weighted by atomic mass is 35.5. The third-order valence-electron chi connectivity index (χ3n) is 6.64. The second kappa shape index (κ2) is 14.4. The van der Waals surface area contributed by atoms with E-state index in [1.54, 1.807) is 55.7 Å². The lowest BCUT2D eigenvalue weighted by atomic mass is 9.84. The maximum Gasteiger partial charge on any atom is 0.266 e. The predicted octanol–water partition coefficient (Wildman–Crippen LogP) is 5.46. The van der Waals surface area contributed by atoms with E-state index in [0.717, 1.165) is 11.3 Å². The van der Waals surface area contributed by atoms with Crippen LogP contribution in [0.5, 0.6) is 11.5 Å². The van der Waals surface area contributed by atoms with Crippen LogP contribution in [0.15, 0.2) is 84.4 Å². The van der Waals surface area contributed by atoms with E-state index in [2.05, 4.69) is 17.4 Å². The number of nitrogens with zero attached hydrogens (tertiary/aromatic N) is 1. The molecule has 3 aromatic rings. The van der Waals surface area contributed by atoms with Gasteiger partial charge < -0.3 is 19.3 Å². The number of aliphatic hydroxyl groups is 1. The van der Waals surface area contributed by atoms with Gasteiger partial charge in [-0.3, -0.25) is 10.2 Å². The number of ether oxygens (including phenoxy) is 3. The van der Waals surface area contributed by atoms with E-state index >= 15 is 0 Å². The molecule has 8 nitrogen and oxygen atoms in total. The van der Waals surface area contributed by atoms with Crippen LogP contribution in [0, 0.1) is 0 Å². The van der Waals surface area contributed by atoms with Gasteiger partial charge in [0.2, 0.25) is 5.90 Å². The topological polar surface area (TPSA) is 101 Å². The van der Waals surface area contributed by atoms with E-state index in [-0.39, 0.29) is 18.9 Å². The summed E-state index contributed by atoms with van der Waals surface area (Å²) in [7, 11) is 1.63. The minimum atomic E-state index is -1.40. The lowest BCUT2D eigenvalue weighted by Crippen LogP contribution is -2.52.